The number of thiophene rings is 1. The average Bonchev–Trinajstić information content (AvgIpc) is 3.02. The van der Waals surface area contributed by atoms with E-state index in [2.05, 4.69) is 26.2 Å². The Bertz CT molecular complexity index is 856. The molecule has 0 atom stereocenters. The number of benzene rings is 1. The fourth-order valence-corrected chi connectivity index (χ4v) is 4.07. The van der Waals surface area contributed by atoms with Gasteiger partial charge in [-0.3, -0.25) is 10.1 Å². The molecular weight excluding hydrogens is 376 g/mol. The summed E-state index contributed by atoms with van der Waals surface area (Å²) in [7, 11) is 0. The van der Waals surface area contributed by atoms with E-state index in [0.717, 1.165) is 9.17 Å². The van der Waals surface area contributed by atoms with Gasteiger partial charge in [0, 0.05) is 4.47 Å². The zero-order valence-corrected chi connectivity index (χ0v) is 13.5. The largest absolute Gasteiger partial charge is 0.478 e. The second kappa shape index (κ2) is 5.55. The molecule has 0 spiro atoms. The molecule has 1 aromatic carbocycles. The summed E-state index contributed by atoms with van der Waals surface area (Å²) in [6.45, 7) is 0. The highest BCUT2D eigenvalue weighted by Gasteiger charge is 2.14. The molecule has 3 rings (SSSR count). The second-order valence-electron chi connectivity index (χ2n) is 4.06. The minimum Gasteiger partial charge on any atom is -0.478 e. The molecule has 0 saturated heterocycles. The minimum atomic E-state index is -0.988. The van der Waals surface area contributed by atoms with E-state index in [1.54, 1.807) is 18.2 Å². The predicted molar refractivity (Wildman–Crippen MR) is 86.6 cm³/mol. The van der Waals surface area contributed by atoms with E-state index in [0.29, 0.717) is 15.5 Å². The third-order valence-corrected chi connectivity index (χ3v) is 5.45. The lowest BCUT2D eigenvalue weighted by Gasteiger charge is -1.98. The third kappa shape index (κ3) is 2.82. The minimum absolute atomic E-state index is 0.199. The number of anilines is 1. The third-order valence-electron chi connectivity index (χ3n) is 2.68. The van der Waals surface area contributed by atoms with Crippen LogP contribution in [0.3, 0.4) is 0 Å². The van der Waals surface area contributed by atoms with Crippen molar-refractivity contribution < 1.29 is 14.7 Å². The number of nitrogens with zero attached hydrogens (tertiary/aromatic N) is 1. The maximum atomic E-state index is 12.1. The second-order valence-corrected chi connectivity index (χ2v) is 6.86. The average molecular weight is 383 g/mol. The van der Waals surface area contributed by atoms with E-state index in [-0.39, 0.29) is 11.5 Å². The fraction of sp³-hybridized carbons (Fsp3) is 0. The summed E-state index contributed by atoms with van der Waals surface area (Å²) in [6, 6.07) is 6.47. The van der Waals surface area contributed by atoms with Crippen molar-refractivity contribution in [3.8, 4) is 0 Å². The summed E-state index contributed by atoms with van der Waals surface area (Å²) in [6.07, 6.45) is 0. The molecular formula is C13H7BrN2O3S2. The van der Waals surface area contributed by atoms with Gasteiger partial charge in [-0.15, -0.1) is 11.3 Å². The maximum Gasteiger partial charge on any atom is 0.335 e. The first-order valence-electron chi connectivity index (χ1n) is 5.73. The standard InChI is InChI=1S/C13H7BrN2O3S2/c14-7-3-4-20-10(7)11(17)16-13-15-8-2-1-6(12(18)19)5-9(8)21-13/h1-5H,(H,18,19)(H,15,16,17). The number of nitrogens with one attached hydrogen (secondary N) is 1. The summed E-state index contributed by atoms with van der Waals surface area (Å²) in [5.74, 6) is -1.23. The van der Waals surface area contributed by atoms with Gasteiger partial charge in [0.25, 0.3) is 5.91 Å². The normalized spacial score (nSPS) is 10.7. The van der Waals surface area contributed by atoms with Crippen LogP contribution < -0.4 is 5.32 Å². The van der Waals surface area contributed by atoms with E-state index in [1.165, 1.54) is 28.7 Å². The Labute approximate surface area is 135 Å². The Morgan fingerprint density at radius 2 is 2.10 bits per heavy atom. The van der Waals surface area contributed by atoms with Gasteiger partial charge in [0.15, 0.2) is 5.13 Å². The zero-order chi connectivity index (χ0) is 15.0. The lowest BCUT2D eigenvalue weighted by atomic mass is 10.2. The molecule has 1 amide bonds. The van der Waals surface area contributed by atoms with Crippen LogP contribution in [-0.4, -0.2) is 22.0 Å². The number of carbonyl (C=O) groups is 2. The molecule has 0 aliphatic carbocycles. The molecule has 2 aromatic heterocycles. The first-order valence-corrected chi connectivity index (χ1v) is 8.22. The van der Waals surface area contributed by atoms with Gasteiger partial charge in [-0.25, -0.2) is 9.78 Å². The van der Waals surface area contributed by atoms with Crippen LogP contribution in [0.15, 0.2) is 34.1 Å². The Balaban J connectivity index is 1.89. The van der Waals surface area contributed by atoms with Crippen molar-refractivity contribution >= 4 is 65.8 Å². The molecule has 0 unspecified atom stereocenters. The lowest BCUT2D eigenvalue weighted by molar-refractivity contribution is 0.0697. The van der Waals surface area contributed by atoms with Crippen LogP contribution in [-0.2, 0) is 0 Å². The van der Waals surface area contributed by atoms with Gasteiger partial charge in [-0.05, 0) is 45.6 Å². The van der Waals surface area contributed by atoms with Gasteiger partial charge in [0.2, 0.25) is 0 Å². The first kappa shape index (κ1) is 14.2. The summed E-state index contributed by atoms with van der Waals surface area (Å²) in [5, 5.41) is 13.9. The summed E-state index contributed by atoms with van der Waals surface area (Å²) in [4.78, 5) is 27.9. The first-order chi connectivity index (χ1) is 10.0. The predicted octanol–water partition coefficient (Wildman–Crippen LogP) is 4.07. The zero-order valence-electron chi connectivity index (χ0n) is 10.3. The van der Waals surface area contributed by atoms with E-state index >= 15 is 0 Å². The van der Waals surface area contributed by atoms with Crippen LogP contribution in [0.4, 0.5) is 5.13 Å². The molecule has 3 aromatic rings. The highest BCUT2D eigenvalue weighted by atomic mass is 79.9. The van der Waals surface area contributed by atoms with Crippen molar-refractivity contribution in [2.45, 2.75) is 0 Å². The van der Waals surface area contributed by atoms with E-state index in [4.69, 9.17) is 5.11 Å². The number of carbonyl (C=O) groups excluding carboxylic acids is 1. The molecule has 0 saturated carbocycles. The Hall–Kier alpha value is -1.77. The summed E-state index contributed by atoms with van der Waals surface area (Å²) in [5.41, 5.74) is 0.857. The maximum absolute atomic E-state index is 12.1. The van der Waals surface area contributed by atoms with Crippen LogP contribution in [0.5, 0.6) is 0 Å². The number of carboxylic acid groups (broad SMARTS) is 1. The molecule has 0 aliphatic heterocycles. The molecule has 21 heavy (non-hydrogen) atoms. The van der Waals surface area contributed by atoms with Crippen molar-refractivity contribution in [3.05, 3.63) is 44.6 Å². The summed E-state index contributed by atoms with van der Waals surface area (Å²) >= 11 is 5.88. The molecule has 5 nitrogen and oxygen atoms in total. The number of fused-ring (bicyclic) bond motifs is 1. The van der Waals surface area contributed by atoms with Gasteiger partial charge in [-0.2, -0.15) is 0 Å². The van der Waals surface area contributed by atoms with E-state index in [9.17, 15) is 9.59 Å². The summed E-state index contributed by atoms with van der Waals surface area (Å²) < 4.78 is 1.45. The van der Waals surface area contributed by atoms with Crippen LogP contribution in [0, 0.1) is 0 Å². The Kier molecular flexibility index (Phi) is 3.75. The molecule has 0 bridgehead atoms. The molecule has 2 heterocycles. The number of thiazole rings is 1. The highest BCUT2D eigenvalue weighted by molar-refractivity contribution is 9.10. The number of halogens is 1. The van der Waals surface area contributed by atoms with Gasteiger partial charge >= 0.3 is 5.97 Å². The molecule has 0 radical (unpaired) electrons. The number of hydrogen-bond donors (Lipinski definition) is 2. The molecule has 0 aliphatic rings. The van der Waals surface area contributed by atoms with Gasteiger partial charge in [0.05, 0.1) is 15.8 Å². The van der Waals surface area contributed by atoms with Gasteiger partial charge in [0.1, 0.15) is 4.88 Å². The topological polar surface area (TPSA) is 79.3 Å². The van der Waals surface area contributed by atoms with Crippen LogP contribution >= 0.6 is 38.6 Å². The number of hydrogen-bond acceptors (Lipinski definition) is 5. The molecule has 106 valence electrons. The van der Waals surface area contributed by atoms with Crippen LogP contribution in [0.1, 0.15) is 20.0 Å². The van der Waals surface area contributed by atoms with Crippen molar-refractivity contribution in [2.75, 3.05) is 5.32 Å². The number of carboxylic acids is 1. The molecule has 8 heteroatoms. The SMILES string of the molecule is O=C(O)c1ccc2nc(NC(=O)c3sccc3Br)sc2c1. The number of amides is 1. The van der Waals surface area contributed by atoms with E-state index < -0.39 is 5.97 Å². The number of rotatable bonds is 3. The van der Waals surface area contributed by atoms with Crippen LogP contribution in [0.25, 0.3) is 10.2 Å². The van der Waals surface area contributed by atoms with Gasteiger partial charge in [-0.1, -0.05) is 11.3 Å². The number of aromatic nitrogens is 1. The number of aromatic carboxylic acids is 1. The monoisotopic (exact) mass is 382 g/mol. The van der Waals surface area contributed by atoms with Crippen molar-refractivity contribution in [3.63, 3.8) is 0 Å². The molecule has 2 N–H and O–H groups in total. The van der Waals surface area contributed by atoms with Gasteiger partial charge < -0.3 is 5.11 Å². The fourth-order valence-electron chi connectivity index (χ4n) is 1.72. The lowest BCUT2D eigenvalue weighted by Crippen LogP contribution is -2.10. The van der Waals surface area contributed by atoms with Crippen molar-refractivity contribution in [1.29, 1.82) is 0 Å². The van der Waals surface area contributed by atoms with Crippen molar-refractivity contribution in [2.24, 2.45) is 0 Å². The molecule has 0 fully saturated rings. The van der Waals surface area contributed by atoms with Crippen LogP contribution in [0.2, 0.25) is 0 Å². The highest BCUT2D eigenvalue weighted by Crippen LogP contribution is 2.29. The quantitative estimate of drug-likeness (QED) is 0.715. The van der Waals surface area contributed by atoms with Crippen molar-refractivity contribution in [1.82, 2.24) is 4.98 Å². The Morgan fingerprint density at radius 3 is 2.76 bits per heavy atom. The smallest absolute Gasteiger partial charge is 0.335 e. The Morgan fingerprint density at radius 1 is 1.29 bits per heavy atom. The van der Waals surface area contributed by atoms with E-state index in [1.807, 2.05) is 5.38 Å².